The molecule has 1 aliphatic heterocycles. The van der Waals surface area contributed by atoms with E-state index in [-0.39, 0.29) is 28.4 Å². The smallest absolute Gasteiger partial charge is 0.347 e. The molecule has 2 unspecified atom stereocenters. The molecule has 0 spiro atoms. The molecule has 1 saturated carbocycles. The van der Waals surface area contributed by atoms with Crippen LogP contribution in [-0.2, 0) is 0 Å². The fourth-order valence-electron chi connectivity index (χ4n) is 4.56. The van der Waals surface area contributed by atoms with Crippen LogP contribution in [0.4, 0.5) is 17.3 Å². The Morgan fingerprint density at radius 2 is 2.14 bits per heavy atom. The number of aromatic nitrogens is 2. The van der Waals surface area contributed by atoms with E-state index < -0.39 is 4.92 Å². The van der Waals surface area contributed by atoms with Crippen LogP contribution in [-0.4, -0.2) is 27.5 Å². The lowest BCUT2D eigenvalue weighted by Gasteiger charge is -2.39. The Labute approximate surface area is 129 Å². The first-order chi connectivity index (χ1) is 10.2. The van der Waals surface area contributed by atoms with Crippen LogP contribution in [0.25, 0.3) is 0 Å². The normalized spacial score (nSPS) is 29.5. The molecule has 1 aromatic heterocycles. The Bertz CT molecular complexity index is 619. The van der Waals surface area contributed by atoms with Gasteiger partial charge < -0.3 is 10.3 Å². The van der Waals surface area contributed by atoms with Crippen molar-refractivity contribution in [1.82, 2.24) is 9.97 Å². The molecule has 2 bridgehead atoms. The van der Waals surface area contributed by atoms with Gasteiger partial charge in [0.25, 0.3) is 0 Å². The molecule has 8 nitrogen and oxygen atoms in total. The molecule has 0 amide bonds. The van der Waals surface area contributed by atoms with Crippen molar-refractivity contribution < 1.29 is 4.92 Å². The molecule has 22 heavy (non-hydrogen) atoms. The maximum Gasteiger partial charge on any atom is 0.354 e. The molecule has 1 aliphatic carbocycles. The quantitative estimate of drug-likeness (QED) is 0.499. The lowest BCUT2D eigenvalue weighted by Crippen LogP contribution is -2.35. The van der Waals surface area contributed by atoms with E-state index in [4.69, 9.17) is 5.84 Å². The number of rotatable bonds is 3. The van der Waals surface area contributed by atoms with Gasteiger partial charge in [-0.1, -0.05) is 20.8 Å². The number of hydrogen-bond donors (Lipinski definition) is 2. The van der Waals surface area contributed by atoms with E-state index >= 15 is 0 Å². The Morgan fingerprint density at radius 3 is 2.77 bits per heavy atom. The summed E-state index contributed by atoms with van der Waals surface area (Å²) in [4.78, 5) is 21.2. The number of nitrogen functional groups attached to an aromatic ring is 1. The molecule has 1 saturated heterocycles. The SMILES string of the molecule is CC1(C)CC2CC(C)(CN2c2ncnc(NN)c2[N+](=O)[O-])C1. The maximum absolute atomic E-state index is 11.5. The van der Waals surface area contributed by atoms with Crippen molar-refractivity contribution in [2.24, 2.45) is 16.7 Å². The van der Waals surface area contributed by atoms with Crippen molar-refractivity contribution >= 4 is 17.3 Å². The summed E-state index contributed by atoms with van der Waals surface area (Å²) >= 11 is 0. The molecule has 3 rings (SSSR count). The molecule has 3 N–H and O–H groups in total. The molecule has 120 valence electrons. The third kappa shape index (κ3) is 2.37. The summed E-state index contributed by atoms with van der Waals surface area (Å²) in [5, 5.41) is 11.5. The van der Waals surface area contributed by atoms with E-state index in [9.17, 15) is 10.1 Å². The van der Waals surface area contributed by atoms with Crippen LogP contribution in [0.15, 0.2) is 6.33 Å². The van der Waals surface area contributed by atoms with Gasteiger partial charge in [-0.3, -0.25) is 10.1 Å². The fourth-order valence-corrected chi connectivity index (χ4v) is 4.56. The second-order valence-corrected chi connectivity index (χ2v) is 7.64. The molecular weight excluding hydrogens is 284 g/mol. The standard InChI is InChI=1S/C14H22N6O2/c1-13(2)4-9-5-14(3,6-13)7-19(9)12-10(20(21)22)11(18-15)16-8-17-12/h8-9H,4-7,15H2,1-3H3,(H,16,17,18). The molecule has 2 heterocycles. The number of fused-ring (bicyclic) bond motifs is 2. The summed E-state index contributed by atoms with van der Waals surface area (Å²) in [6.07, 6.45) is 4.50. The fraction of sp³-hybridized carbons (Fsp3) is 0.714. The molecule has 2 aliphatic rings. The topological polar surface area (TPSA) is 110 Å². The van der Waals surface area contributed by atoms with Crippen molar-refractivity contribution in [3.63, 3.8) is 0 Å². The van der Waals surface area contributed by atoms with Gasteiger partial charge in [0.05, 0.1) is 4.92 Å². The molecule has 1 aromatic rings. The molecular formula is C14H22N6O2. The number of nitrogens with two attached hydrogens (primary N) is 1. The molecule has 2 fully saturated rings. The summed E-state index contributed by atoms with van der Waals surface area (Å²) in [7, 11) is 0. The highest BCUT2D eigenvalue weighted by Crippen LogP contribution is 2.54. The van der Waals surface area contributed by atoms with Crippen LogP contribution in [0.2, 0.25) is 0 Å². The van der Waals surface area contributed by atoms with Gasteiger partial charge in [-0.2, -0.15) is 0 Å². The summed E-state index contributed by atoms with van der Waals surface area (Å²) in [5.74, 6) is 5.80. The van der Waals surface area contributed by atoms with Crippen molar-refractivity contribution in [1.29, 1.82) is 0 Å². The first kappa shape index (κ1) is 15.0. The summed E-state index contributed by atoms with van der Waals surface area (Å²) in [6, 6.07) is 0.271. The predicted octanol–water partition coefficient (Wildman–Crippen LogP) is 2.08. The predicted molar refractivity (Wildman–Crippen MR) is 83.4 cm³/mol. The first-order valence-corrected chi connectivity index (χ1v) is 7.47. The second kappa shape index (κ2) is 4.77. The molecule has 8 heteroatoms. The number of anilines is 2. The van der Waals surface area contributed by atoms with Gasteiger partial charge in [0.15, 0.2) is 0 Å². The van der Waals surface area contributed by atoms with Gasteiger partial charge in [-0.25, -0.2) is 15.8 Å². The van der Waals surface area contributed by atoms with Gasteiger partial charge in [-0.15, -0.1) is 0 Å². The van der Waals surface area contributed by atoms with Gasteiger partial charge in [0.1, 0.15) is 6.33 Å². The van der Waals surface area contributed by atoms with E-state index in [1.54, 1.807) is 0 Å². The maximum atomic E-state index is 11.5. The average Bonchev–Trinajstić information content (AvgIpc) is 2.66. The highest BCUT2D eigenvalue weighted by Gasteiger charge is 2.51. The van der Waals surface area contributed by atoms with E-state index in [1.165, 1.54) is 6.33 Å². The number of hydrogen-bond acceptors (Lipinski definition) is 7. The lowest BCUT2D eigenvalue weighted by atomic mass is 9.65. The lowest BCUT2D eigenvalue weighted by molar-refractivity contribution is -0.383. The van der Waals surface area contributed by atoms with Crippen LogP contribution in [0, 0.1) is 20.9 Å². The van der Waals surface area contributed by atoms with Crippen LogP contribution < -0.4 is 16.2 Å². The Hall–Kier alpha value is -1.96. The van der Waals surface area contributed by atoms with Crippen LogP contribution >= 0.6 is 0 Å². The highest BCUT2D eigenvalue weighted by atomic mass is 16.6. The van der Waals surface area contributed by atoms with Gasteiger partial charge in [-0.05, 0) is 30.1 Å². The monoisotopic (exact) mass is 306 g/mol. The minimum atomic E-state index is -0.458. The number of nitrogens with zero attached hydrogens (tertiary/aromatic N) is 4. The number of nitrogens with one attached hydrogen (secondary N) is 1. The zero-order valence-electron chi connectivity index (χ0n) is 13.2. The minimum absolute atomic E-state index is 0.0564. The summed E-state index contributed by atoms with van der Waals surface area (Å²) in [6.45, 7) is 7.57. The van der Waals surface area contributed by atoms with Crippen molar-refractivity contribution in [3.05, 3.63) is 16.4 Å². The third-order valence-electron chi connectivity index (χ3n) is 4.81. The van der Waals surface area contributed by atoms with Crippen LogP contribution in [0.3, 0.4) is 0 Å². The highest BCUT2D eigenvalue weighted by molar-refractivity contribution is 5.70. The minimum Gasteiger partial charge on any atom is -0.347 e. The van der Waals surface area contributed by atoms with Crippen LogP contribution in [0.1, 0.15) is 40.0 Å². The van der Waals surface area contributed by atoms with Gasteiger partial charge >= 0.3 is 5.69 Å². The van der Waals surface area contributed by atoms with E-state index in [0.717, 1.165) is 25.8 Å². The Balaban J connectivity index is 2.04. The number of hydrazine groups is 1. The van der Waals surface area contributed by atoms with E-state index in [0.29, 0.717) is 5.82 Å². The Kier molecular flexibility index (Phi) is 3.24. The summed E-state index contributed by atoms with van der Waals surface area (Å²) in [5.41, 5.74) is 2.57. The zero-order chi connectivity index (χ0) is 16.1. The second-order valence-electron chi connectivity index (χ2n) is 7.64. The first-order valence-electron chi connectivity index (χ1n) is 7.47. The van der Waals surface area contributed by atoms with Crippen molar-refractivity contribution in [2.45, 2.75) is 46.1 Å². The van der Waals surface area contributed by atoms with Crippen molar-refractivity contribution in [3.8, 4) is 0 Å². The van der Waals surface area contributed by atoms with E-state index in [1.807, 2.05) is 0 Å². The van der Waals surface area contributed by atoms with Gasteiger partial charge in [0, 0.05) is 12.6 Å². The van der Waals surface area contributed by atoms with E-state index in [2.05, 4.69) is 41.1 Å². The number of nitro groups is 1. The summed E-state index contributed by atoms with van der Waals surface area (Å²) < 4.78 is 0. The molecule has 2 atom stereocenters. The Morgan fingerprint density at radius 1 is 1.41 bits per heavy atom. The van der Waals surface area contributed by atoms with Crippen LogP contribution in [0.5, 0.6) is 0 Å². The molecule has 0 radical (unpaired) electrons. The molecule has 0 aromatic carbocycles. The van der Waals surface area contributed by atoms with Gasteiger partial charge in [0.2, 0.25) is 11.6 Å². The third-order valence-corrected chi connectivity index (χ3v) is 4.81. The van der Waals surface area contributed by atoms with Crippen molar-refractivity contribution in [2.75, 3.05) is 16.9 Å². The largest absolute Gasteiger partial charge is 0.354 e. The zero-order valence-corrected chi connectivity index (χ0v) is 13.2. The average molecular weight is 306 g/mol.